The van der Waals surface area contributed by atoms with Gasteiger partial charge in [0, 0.05) is 11.6 Å². The summed E-state index contributed by atoms with van der Waals surface area (Å²) in [5.41, 5.74) is 2.24. The van der Waals surface area contributed by atoms with Crippen LogP contribution < -0.4 is 14.2 Å². The van der Waals surface area contributed by atoms with Gasteiger partial charge in [0.2, 0.25) is 5.78 Å². The predicted octanol–water partition coefficient (Wildman–Crippen LogP) is 4.02. The van der Waals surface area contributed by atoms with Crippen molar-refractivity contribution >= 4 is 11.9 Å². The van der Waals surface area contributed by atoms with Crippen LogP contribution in [0.1, 0.15) is 28.4 Å². The molecule has 0 radical (unpaired) electrons. The number of ether oxygens (including phenoxy) is 3. The number of hydrogen-bond donors (Lipinski definition) is 0. The van der Waals surface area contributed by atoms with Crippen LogP contribution in [-0.2, 0) is 0 Å². The lowest BCUT2D eigenvalue weighted by Gasteiger charge is -2.07. The molecule has 4 heteroatoms. The maximum Gasteiger partial charge on any atom is 0.232 e. The number of para-hydroxylation sites is 1. The lowest BCUT2D eigenvalue weighted by Crippen LogP contribution is -2.00. The normalized spacial score (nSPS) is 14.6. The Kier molecular flexibility index (Phi) is 4.06. The molecule has 23 heavy (non-hydrogen) atoms. The van der Waals surface area contributed by atoms with Crippen LogP contribution in [0.5, 0.6) is 17.2 Å². The largest absolute Gasteiger partial charge is 0.497 e. The zero-order valence-corrected chi connectivity index (χ0v) is 13.4. The Balaban J connectivity index is 2.01. The van der Waals surface area contributed by atoms with Gasteiger partial charge in [0.15, 0.2) is 5.76 Å². The fourth-order valence-corrected chi connectivity index (χ4v) is 2.62. The first kappa shape index (κ1) is 15.2. The first-order chi connectivity index (χ1) is 11.1. The Morgan fingerprint density at radius 2 is 2.00 bits per heavy atom. The Morgan fingerprint density at radius 1 is 1.22 bits per heavy atom. The number of aryl methyl sites for hydroxylation is 1. The number of carbonyl (C=O) groups excluding carboxylic acids is 1. The van der Waals surface area contributed by atoms with E-state index in [4.69, 9.17) is 14.2 Å². The number of allylic oxidation sites excluding steroid dienone is 1. The second-order valence-corrected chi connectivity index (χ2v) is 5.23. The van der Waals surface area contributed by atoms with Gasteiger partial charge in [0.05, 0.1) is 19.3 Å². The predicted molar refractivity (Wildman–Crippen MR) is 88.3 cm³/mol. The van der Waals surface area contributed by atoms with E-state index in [1.807, 2.05) is 44.2 Å². The van der Waals surface area contributed by atoms with Crippen molar-refractivity contribution in [2.45, 2.75) is 13.8 Å². The Morgan fingerprint density at radius 3 is 2.74 bits per heavy atom. The molecule has 1 heterocycles. The van der Waals surface area contributed by atoms with Crippen molar-refractivity contribution in [2.75, 3.05) is 13.7 Å². The van der Waals surface area contributed by atoms with E-state index in [0.29, 0.717) is 29.4 Å². The van der Waals surface area contributed by atoms with Gasteiger partial charge in [-0.2, -0.15) is 0 Å². The highest BCUT2D eigenvalue weighted by atomic mass is 16.5. The molecular formula is C19H18O4. The van der Waals surface area contributed by atoms with Gasteiger partial charge < -0.3 is 14.2 Å². The Bertz CT molecular complexity index is 790. The average Bonchev–Trinajstić information content (AvgIpc) is 2.86. The highest BCUT2D eigenvalue weighted by Gasteiger charge is 2.30. The lowest BCUT2D eigenvalue weighted by molar-refractivity contribution is 0.101. The van der Waals surface area contributed by atoms with Gasteiger partial charge in [-0.05, 0) is 37.6 Å². The molecule has 0 fully saturated rings. The molecule has 118 valence electrons. The van der Waals surface area contributed by atoms with Crippen molar-refractivity contribution in [3.63, 3.8) is 0 Å². The minimum Gasteiger partial charge on any atom is -0.497 e. The van der Waals surface area contributed by atoms with Crippen LogP contribution in [0.4, 0.5) is 0 Å². The third-order valence-electron chi connectivity index (χ3n) is 3.68. The number of methoxy groups -OCH3 is 1. The van der Waals surface area contributed by atoms with Crippen molar-refractivity contribution in [3.05, 3.63) is 58.8 Å². The molecule has 0 aromatic heterocycles. The molecule has 3 rings (SSSR count). The average molecular weight is 310 g/mol. The fourth-order valence-electron chi connectivity index (χ4n) is 2.62. The van der Waals surface area contributed by atoms with E-state index in [1.54, 1.807) is 19.3 Å². The van der Waals surface area contributed by atoms with Crippen LogP contribution >= 0.6 is 0 Å². The van der Waals surface area contributed by atoms with Gasteiger partial charge in [-0.25, -0.2) is 0 Å². The van der Waals surface area contributed by atoms with Crippen molar-refractivity contribution < 1.29 is 19.0 Å². The number of hydrogen-bond acceptors (Lipinski definition) is 4. The maximum absolute atomic E-state index is 12.6. The lowest BCUT2D eigenvalue weighted by atomic mass is 10.0. The molecule has 0 saturated heterocycles. The molecule has 2 aromatic carbocycles. The molecule has 0 atom stereocenters. The van der Waals surface area contributed by atoms with Gasteiger partial charge in [0.1, 0.15) is 17.2 Å². The summed E-state index contributed by atoms with van der Waals surface area (Å²) in [6, 6.07) is 11.1. The molecule has 0 bridgehead atoms. The van der Waals surface area contributed by atoms with Crippen molar-refractivity contribution in [3.8, 4) is 17.2 Å². The summed E-state index contributed by atoms with van der Waals surface area (Å²) in [5.74, 6) is 2.11. The first-order valence-electron chi connectivity index (χ1n) is 7.48. The summed E-state index contributed by atoms with van der Waals surface area (Å²) < 4.78 is 16.6. The standard InChI is InChI=1S/C19H18O4/c1-4-22-15-8-6-5-7-13(15)10-17-19(20)18-12(2)9-14(21-3)11-16(18)23-17/h5-11H,4H2,1-3H3/b17-10-. The molecule has 1 aliphatic rings. The molecule has 0 saturated carbocycles. The summed E-state index contributed by atoms with van der Waals surface area (Å²) in [6.45, 7) is 4.36. The van der Waals surface area contributed by atoms with Gasteiger partial charge in [0.25, 0.3) is 0 Å². The Hall–Kier alpha value is -2.75. The number of carbonyl (C=O) groups is 1. The van der Waals surface area contributed by atoms with Crippen LogP contribution in [0.15, 0.2) is 42.2 Å². The van der Waals surface area contributed by atoms with Crippen LogP contribution in [-0.4, -0.2) is 19.5 Å². The Labute approximate surface area is 135 Å². The summed E-state index contributed by atoms with van der Waals surface area (Å²) >= 11 is 0. The molecule has 1 aliphatic heterocycles. The van der Waals surface area contributed by atoms with E-state index in [9.17, 15) is 4.79 Å². The van der Waals surface area contributed by atoms with E-state index in [-0.39, 0.29) is 5.78 Å². The molecule has 0 N–H and O–H groups in total. The third-order valence-corrected chi connectivity index (χ3v) is 3.68. The zero-order valence-electron chi connectivity index (χ0n) is 13.4. The smallest absolute Gasteiger partial charge is 0.232 e. The minimum atomic E-state index is -0.119. The minimum absolute atomic E-state index is 0.119. The van der Waals surface area contributed by atoms with Crippen molar-refractivity contribution in [2.24, 2.45) is 0 Å². The monoisotopic (exact) mass is 310 g/mol. The number of benzene rings is 2. The van der Waals surface area contributed by atoms with E-state index in [0.717, 1.165) is 16.9 Å². The third kappa shape index (κ3) is 2.80. The van der Waals surface area contributed by atoms with Crippen LogP contribution in [0.2, 0.25) is 0 Å². The highest BCUT2D eigenvalue weighted by Crippen LogP contribution is 2.38. The number of Topliss-reactive ketones (excluding diaryl/α,β-unsaturated/α-hetero) is 1. The van der Waals surface area contributed by atoms with Crippen LogP contribution in [0.25, 0.3) is 6.08 Å². The molecule has 0 amide bonds. The van der Waals surface area contributed by atoms with Gasteiger partial charge in [-0.3, -0.25) is 4.79 Å². The molecule has 0 unspecified atom stereocenters. The molecule has 4 nitrogen and oxygen atoms in total. The second-order valence-electron chi connectivity index (χ2n) is 5.23. The zero-order chi connectivity index (χ0) is 16.4. The van der Waals surface area contributed by atoms with Gasteiger partial charge >= 0.3 is 0 Å². The van der Waals surface area contributed by atoms with E-state index in [1.165, 1.54) is 0 Å². The van der Waals surface area contributed by atoms with E-state index >= 15 is 0 Å². The van der Waals surface area contributed by atoms with Crippen molar-refractivity contribution in [1.82, 2.24) is 0 Å². The highest BCUT2D eigenvalue weighted by molar-refractivity contribution is 6.15. The topological polar surface area (TPSA) is 44.8 Å². The fraction of sp³-hybridized carbons (Fsp3) is 0.211. The SMILES string of the molecule is CCOc1ccccc1/C=C1\Oc2cc(OC)cc(C)c2C1=O. The summed E-state index contributed by atoms with van der Waals surface area (Å²) in [6.07, 6.45) is 1.72. The number of fused-ring (bicyclic) bond motifs is 1. The molecule has 0 spiro atoms. The van der Waals surface area contributed by atoms with Crippen molar-refractivity contribution in [1.29, 1.82) is 0 Å². The number of rotatable bonds is 4. The van der Waals surface area contributed by atoms with Gasteiger partial charge in [-0.1, -0.05) is 18.2 Å². The molecule has 0 aliphatic carbocycles. The summed E-state index contributed by atoms with van der Waals surface area (Å²) in [7, 11) is 1.59. The summed E-state index contributed by atoms with van der Waals surface area (Å²) in [5, 5.41) is 0. The molecular weight excluding hydrogens is 292 g/mol. The van der Waals surface area contributed by atoms with Gasteiger partial charge in [-0.15, -0.1) is 0 Å². The first-order valence-corrected chi connectivity index (χ1v) is 7.48. The van der Waals surface area contributed by atoms with Crippen LogP contribution in [0.3, 0.4) is 0 Å². The summed E-state index contributed by atoms with van der Waals surface area (Å²) in [4.78, 5) is 12.6. The maximum atomic E-state index is 12.6. The second kappa shape index (κ2) is 6.16. The quantitative estimate of drug-likeness (QED) is 0.800. The molecule has 2 aromatic rings. The van der Waals surface area contributed by atoms with E-state index in [2.05, 4.69) is 0 Å². The number of ketones is 1. The van der Waals surface area contributed by atoms with Crippen LogP contribution in [0, 0.1) is 6.92 Å². The van der Waals surface area contributed by atoms with E-state index < -0.39 is 0 Å².